The molecule has 1 aliphatic heterocycles. The fraction of sp³-hybridized carbons (Fsp3) is 0.235. The van der Waals surface area contributed by atoms with Crippen LogP contribution in [0.4, 0.5) is 4.79 Å². The highest BCUT2D eigenvalue weighted by Gasteiger charge is 2.19. The molecule has 0 atom stereocenters. The lowest BCUT2D eigenvalue weighted by molar-refractivity contribution is 0.192. The first-order valence-electron chi connectivity index (χ1n) is 7.06. The minimum absolute atomic E-state index is 0.00687. The quantitative estimate of drug-likeness (QED) is 0.884. The SMILES string of the molecule is O=C(NCc1ccc(Br)cc1)N1CCc2ccccc2C1. The third kappa shape index (κ3) is 3.45. The number of benzene rings is 2. The molecule has 0 aliphatic carbocycles. The lowest BCUT2D eigenvalue weighted by Crippen LogP contribution is -2.42. The van der Waals surface area contributed by atoms with Crippen molar-refractivity contribution in [3.05, 3.63) is 69.7 Å². The average molecular weight is 345 g/mol. The minimum atomic E-state index is 0.00687. The molecule has 2 aromatic carbocycles. The zero-order valence-electron chi connectivity index (χ0n) is 11.7. The fourth-order valence-electron chi connectivity index (χ4n) is 2.56. The molecule has 3 nitrogen and oxygen atoms in total. The molecule has 0 saturated heterocycles. The van der Waals surface area contributed by atoms with Crippen LogP contribution in [-0.2, 0) is 19.5 Å². The number of nitrogens with zero attached hydrogens (tertiary/aromatic N) is 1. The second kappa shape index (κ2) is 6.31. The zero-order chi connectivity index (χ0) is 14.7. The summed E-state index contributed by atoms with van der Waals surface area (Å²) >= 11 is 3.41. The Balaban J connectivity index is 1.58. The van der Waals surface area contributed by atoms with Crippen molar-refractivity contribution in [3.8, 4) is 0 Å². The summed E-state index contributed by atoms with van der Waals surface area (Å²) in [4.78, 5) is 14.1. The van der Waals surface area contributed by atoms with Gasteiger partial charge in [-0.3, -0.25) is 0 Å². The Morgan fingerprint density at radius 3 is 2.57 bits per heavy atom. The molecular formula is C17H17BrN2O. The first-order chi connectivity index (χ1) is 10.2. The monoisotopic (exact) mass is 344 g/mol. The molecule has 1 N–H and O–H groups in total. The Bertz CT molecular complexity index is 639. The second-order valence-electron chi connectivity index (χ2n) is 5.23. The summed E-state index contributed by atoms with van der Waals surface area (Å²) in [5, 5.41) is 2.99. The van der Waals surface area contributed by atoms with Gasteiger partial charge in [0.15, 0.2) is 0 Å². The van der Waals surface area contributed by atoms with Gasteiger partial charge in [0.25, 0.3) is 0 Å². The molecule has 0 fully saturated rings. The van der Waals surface area contributed by atoms with E-state index < -0.39 is 0 Å². The number of carbonyl (C=O) groups is 1. The molecule has 1 aliphatic rings. The summed E-state index contributed by atoms with van der Waals surface area (Å²) in [6.07, 6.45) is 0.932. The molecule has 2 aromatic rings. The van der Waals surface area contributed by atoms with Crippen molar-refractivity contribution >= 4 is 22.0 Å². The molecule has 108 valence electrons. The molecule has 3 rings (SSSR count). The lowest BCUT2D eigenvalue weighted by atomic mass is 10.0. The second-order valence-corrected chi connectivity index (χ2v) is 6.14. The molecule has 21 heavy (non-hydrogen) atoms. The van der Waals surface area contributed by atoms with Crippen LogP contribution in [0, 0.1) is 0 Å². The van der Waals surface area contributed by atoms with E-state index in [9.17, 15) is 4.79 Å². The molecule has 4 heteroatoms. The van der Waals surface area contributed by atoms with E-state index in [0.717, 1.165) is 23.0 Å². The van der Waals surface area contributed by atoms with Gasteiger partial charge in [0, 0.05) is 24.1 Å². The standard InChI is InChI=1S/C17H17BrN2O/c18-16-7-5-13(6-8-16)11-19-17(21)20-10-9-14-3-1-2-4-15(14)12-20/h1-8H,9-12H2,(H,19,21). The highest BCUT2D eigenvalue weighted by atomic mass is 79.9. The maximum Gasteiger partial charge on any atom is 0.317 e. The van der Waals surface area contributed by atoms with Crippen LogP contribution in [0.5, 0.6) is 0 Å². The minimum Gasteiger partial charge on any atom is -0.334 e. The number of hydrogen-bond donors (Lipinski definition) is 1. The third-order valence-corrected chi connectivity index (χ3v) is 4.30. The van der Waals surface area contributed by atoms with Gasteiger partial charge in [0.1, 0.15) is 0 Å². The van der Waals surface area contributed by atoms with E-state index in [2.05, 4.69) is 39.4 Å². The van der Waals surface area contributed by atoms with E-state index in [1.807, 2.05) is 35.2 Å². The van der Waals surface area contributed by atoms with Crippen LogP contribution in [0.25, 0.3) is 0 Å². The van der Waals surface area contributed by atoms with Gasteiger partial charge >= 0.3 is 6.03 Å². The van der Waals surface area contributed by atoms with Crippen LogP contribution in [0.3, 0.4) is 0 Å². The smallest absolute Gasteiger partial charge is 0.317 e. The van der Waals surface area contributed by atoms with Gasteiger partial charge in [-0.25, -0.2) is 4.79 Å². The van der Waals surface area contributed by atoms with Gasteiger partial charge in [-0.05, 0) is 35.2 Å². The van der Waals surface area contributed by atoms with Crippen molar-refractivity contribution in [1.82, 2.24) is 10.2 Å². The van der Waals surface area contributed by atoms with Crippen LogP contribution < -0.4 is 5.32 Å². The van der Waals surface area contributed by atoms with Crippen LogP contribution in [0.2, 0.25) is 0 Å². The van der Waals surface area contributed by atoms with Gasteiger partial charge in [-0.15, -0.1) is 0 Å². The van der Waals surface area contributed by atoms with E-state index in [1.165, 1.54) is 11.1 Å². The molecule has 0 aromatic heterocycles. The van der Waals surface area contributed by atoms with Crippen LogP contribution in [0.1, 0.15) is 16.7 Å². The molecular weight excluding hydrogens is 328 g/mol. The first-order valence-corrected chi connectivity index (χ1v) is 7.86. The van der Waals surface area contributed by atoms with Gasteiger partial charge < -0.3 is 10.2 Å². The fourth-order valence-corrected chi connectivity index (χ4v) is 2.83. The van der Waals surface area contributed by atoms with E-state index in [-0.39, 0.29) is 6.03 Å². The number of hydrogen-bond acceptors (Lipinski definition) is 1. The van der Waals surface area contributed by atoms with Gasteiger partial charge in [0.05, 0.1) is 0 Å². The van der Waals surface area contributed by atoms with Crippen LogP contribution >= 0.6 is 15.9 Å². The summed E-state index contributed by atoms with van der Waals surface area (Å²) in [5.74, 6) is 0. The molecule has 0 unspecified atom stereocenters. The maximum atomic E-state index is 12.3. The molecule has 2 amide bonds. The average Bonchev–Trinajstić information content (AvgIpc) is 2.53. The lowest BCUT2D eigenvalue weighted by Gasteiger charge is -2.29. The molecule has 0 saturated carbocycles. The number of urea groups is 1. The maximum absolute atomic E-state index is 12.3. The van der Waals surface area contributed by atoms with Crippen LogP contribution in [-0.4, -0.2) is 17.5 Å². The summed E-state index contributed by atoms with van der Waals surface area (Å²) < 4.78 is 1.05. The van der Waals surface area contributed by atoms with Crippen molar-refractivity contribution < 1.29 is 4.79 Å². The van der Waals surface area contributed by atoms with Gasteiger partial charge in [-0.2, -0.15) is 0 Å². The molecule has 0 radical (unpaired) electrons. The summed E-state index contributed by atoms with van der Waals surface area (Å²) in [5.41, 5.74) is 3.71. The number of halogens is 1. The Labute approximate surface area is 133 Å². The van der Waals surface area contributed by atoms with Gasteiger partial charge in [-0.1, -0.05) is 52.3 Å². The highest BCUT2D eigenvalue weighted by Crippen LogP contribution is 2.18. The van der Waals surface area contributed by atoms with Crippen molar-refractivity contribution in [2.24, 2.45) is 0 Å². The Morgan fingerprint density at radius 2 is 1.81 bits per heavy atom. The predicted octanol–water partition coefficient (Wildman–Crippen LogP) is 3.72. The van der Waals surface area contributed by atoms with Crippen molar-refractivity contribution in [3.63, 3.8) is 0 Å². The third-order valence-electron chi connectivity index (χ3n) is 3.77. The van der Waals surface area contributed by atoms with E-state index >= 15 is 0 Å². The normalized spacial score (nSPS) is 13.7. The van der Waals surface area contributed by atoms with Crippen molar-refractivity contribution in [2.75, 3.05) is 6.54 Å². The molecule has 0 bridgehead atoms. The molecule has 1 heterocycles. The van der Waals surface area contributed by atoms with Gasteiger partial charge in [0.2, 0.25) is 0 Å². The number of carbonyl (C=O) groups excluding carboxylic acids is 1. The Kier molecular flexibility index (Phi) is 4.25. The number of nitrogens with one attached hydrogen (secondary N) is 1. The Morgan fingerprint density at radius 1 is 1.10 bits per heavy atom. The largest absolute Gasteiger partial charge is 0.334 e. The van der Waals surface area contributed by atoms with Crippen molar-refractivity contribution in [1.29, 1.82) is 0 Å². The Hall–Kier alpha value is -1.81. The number of fused-ring (bicyclic) bond motifs is 1. The summed E-state index contributed by atoms with van der Waals surface area (Å²) in [6.45, 7) is 2.04. The number of amides is 2. The topological polar surface area (TPSA) is 32.3 Å². The highest BCUT2D eigenvalue weighted by molar-refractivity contribution is 9.10. The number of rotatable bonds is 2. The van der Waals surface area contributed by atoms with E-state index in [1.54, 1.807) is 0 Å². The van der Waals surface area contributed by atoms with E-state index in [4.69, 9.17) is 0 Å². The summed E-state index contributed by atoms with van der Waals surface area (Å²) in [7, 11) is 0. The molecule has 0 spiro atoms. The predicted molar refractivity (Wildman–Crippen MR) is 86.9 cm³/mol. The van der Waals surface area contributed by atoms with Crippen LogP contribution in [0.15, 0.2) is 53.0 Å². The summed E-state index contributed by atoms with van der Waals surface area (Å²) in [6, 6.07) is 16.3. The van der Waals surface area contributed by atoms with Crippen molar-refractivity contribution in [2.45, 2.75) is 19.5 Å². The van der Waals surface area contributed by atoms with E-state index in [0.29, 0.717) is 13.1 Å². The first kappa shape index (κ1) is 14.1. The zero-order valence-corrected chi connectivity index (χ0v) is 13.3.